The van der Waals surface area contributed by atoms with Gasteiger partial charge in [-0.3, -0.25) is 4.72 Å². The molecule has 2 rings (SSSR count). The lowest BCUT2D eigenvalue weighted by molar-refractivity contribution is 0.601. The molecule has 1 aromatic carbocycles. The highest BCUT2D eigenvalue weighted by Gasteiger charge is 2.15. The van der Waals surface area contributed by atoms with Crippen LogP contribution in [0.15, 0.2) is 45.9 Å². The summed E-state index contributed by atoms with van der Waals surface area (Å²) in [6.07, 6.45) is 1.47. The molecular formula is C14H16BrN3O2S. The number of halogens is 1. The number of hydrogen-bond acceptors (Lipinski definition) is 4. The fraction of sp³-hybridized carbons (Fsp3) is 0.214. The summed E-state index contributed by atoms with van der Waals surface area (Å²) in [6, 6.07) is 8.38. The fourth-order valence-electron chi connectivity index (χ4n) is 1.87. The van der Waals surface area contributed by atoms with Crippen LogP contribution in [0.1, 0.15) is 12.5 Å². The SMILES string of the molecule is CCNc1cc(S(=O)(=O)Nc2cc(C)cc(Br)c2)ccn1. The van der Waals surface area contributed by atoms with Gasteiger partial charge in [-0.1, -0.05) is 15.9 Å². The Balaban J connectivity index is 2.31. The molecule has 0 unspecified atom stereocenters. The molecule has 1 heterocycles. The van der Waals surface area contributed by atoms with Gasteiger partial charge in [0.1, 0.15) is 5.82 Å². The average molecular weight is 370 g/mol. The van der Waals surface area contributed by atoms with Crippen LogP contribution in [-0.2, 0) is 10.0 Å². The normalized spacial score (nSPS) is 11.2. The Morgan fingerprint density at radius 3 is 2.67 bits per heavy atom. The molecule has 2 N–H and O–H groups in total. The predicted octanol–water partition coefficient (Wildman–Crippen LogP) is 3.39. The molecule has 7 heteroatoms. The van der Waals surface area contributed by atoms with E-state index in [4.69, 9.17) is 0 Å². The van der Waals surface area contributed by atoms with E-state index in [9.17, 15) is 8.42 Å². The Bertz CT molecular complexity index is 727. The summed E-state index contributed by atoms with van der Waals surface area (Å²) in [6.45, 7) is 4.50. The molecule has 0 fully saturated rings. The second-order valence-corrected chi connectivity index (χ2v) is 7.13. The number of nitrogens with zero attached hydrogens (tertiary/aromatic N) is 1. The maximum absolute atomic E-state index is 12.4. The number of anilines is 2. The molecule has 21 heavy (non-hydrogen) atoms. The molecular weight excluding hydrogens is 354 g/mol. The van der Waals surface area contributed by atoms with Crippen LogP contribution in [0.25, 0.3) is 0 Å². The summed E-state index contributed by atoms with van der Waals surface area (Å²) >= 11 is 3.35. The molecule has 0 aliphatic rings. The third-order valence-corrected chi connectivity index (χ3v) is 4.53. The topological polar surface area (TPSA) is 71.1 Å². The van der Waals surface area contributed by atoms with Crippen LogP contribution in [0.4, 0.5) is 11.5 Å². The van der Waals surface area contributed by atoms with Crippen LogP contribution < -0.4 is 10.0 Å². The Kier molecular flexibility index (Phi) is 4.84. The highest BCUT2D eigenvalue weighted by molar-refractivity contribution is 9.10. The number of hydrogen-bond donors (Lipinski definition) is 2. The van der Waals surface area contributed by atoms with Crippen LogP contribution in [0, 0.1) is 6.92 Å². The molecule has 0 atom stereocenters. The first-order valence-electron chi connectivity index (χ1n) is 6.40. The average Bonchev–Trinajstić information content (AvgIpc) is 2.37. The monoisotopic (exact) mass is 369 g/mol. The minimum Gasteiger partial charge on any atom is -0.370 e. The molecule has 112 valence electrons. The first kappa shape index (κ1) is 15.8. The zero-order valence-electron chi connectivity index (χ0n) is 11.7. The fourth-order valence-corrected chi connectivity index (χ4v) is 3.53. The quantitative estimate of drug-likeness (QED) is 0.847. The first-order valence-corrected chi connectivity index (χ1v) is 8.68. The molecule has 0 radical (unpaired) electrons. The van der Waals surface area contributed by atoms with Gasteiger partial charge < -0.3 is 5.32 Å². The van der Waals surface area contributed by atoms with Gasteiger partial charge >= 0.3 is 0 Å². The van der Waals surface area contributed by atoms with Crippen molar-refractivity contribution in [2.45, 2.75) is 18.7 Å². The number of sulfonamides is 1. The Morgan fingerprint density at radius 1 is 1.24 bits per heavy atom. The summed E-state index contributed by atoms with van der Waals surface area (Å²) < 4.78 is 28.2. The van der Waals surface area contributed by atoms with E-state index >= 15 is 0 Å². The van der Waals surface area contributed by atoms with Gasteiger partial charge in [0.25, 0.3) is 10.0 Å². The van der Waals surface area contributed by atoms with Crippen LogP contribution in [-0.4, -0.2) is 19.9 Å². The first-order chi connectivity index (χ1) is 9.90. The van der Waals surface area contributed by atoms with Gasteiger partial charge in [-0.25, -0.2) is 13.4 Å². The van der Waals surface area contributed by atoms with Crippen molar-refractivity contribution in [1.82, 2.24) is 4.98 Å². The maximum atomic E-state index is 12.4. The number of aromatic nitrogens is 1. The minimum atomic E-state index is -3.64. The third kappa shape index (κ3) is 4.18. The number of rotatable bonds is 5. The Hall–Kier alpha value is -1.60. The van der Waals surface area contributed by atoms with E-state index in [0.29, 0.717) is 18.1 Å². The predicted molar refractivity (Wildman–Crippen MR) is 88.1 cm³/mol. The standard InChI is InChI=1S/C14H16BrN3O2S/c1-3-16-14-9-13(4-5-17-14)21(19,20)18-12-7-10(2)6-11(15)8-12/h4-9,18H,3H2,1-2H3,(H,16,17). The Labute approximate surface area is 133 Å². The summed E-state index contributed by atoms with van der Waals surface area (Å²) in [5, 5.41) is 2.99. The van der Waals surface area contributed by atoms with Crippen molar-refractivity contribution in [2.24, 2.45) is 0 Å². The van der Waals surface area contributed by atoms with Crippen molar-refractivity contribution in [3.05, 3.63) is 46.6 Å². The molecule has 0 saturated carbocycles. The molecule has 0 saturated heterocycles. The summed E-state index contributed by atoms with van der Waals surface area (Å²) in [5.74, 6) is 0.533. The van der Waals surface area contributed by atoms with E-state index in [0.717, 1.165) is 10.0 Å². The van der Waals surface area contributed by atoms with Gasteiger partial charge in [-0.15, -0.1) is 0 Å². The highest BCUT2D eigenvalue weighted by atomic mass is 79.9. The van der Waals surface area contributed by atoms with Crippen molar-refractivity contribution in [1.29, 1.82) is 0 Å². The van der Waals surface area contributed by atoms with E-state index in [1.165, 1.54) is 18.3 Å². The second-order valence-electron chi connectivity index (χ2n) is 4.53. The van der Waals surface area contributed by atoms with Crippen molar-refractivity contribution < 1.29 is 8.42 Å². The number of aryl methyl sites for hydroxylation is 1. The number of nitrogens with one attached hydrogen (secondary N) is 2. The van der Waals surface area contributed by atoms with Gasteiger partial charge in [-0.2, -0.15) is 0 Å². The maximum Gasteiger partial charge on any atom is 0.262 e. The summed E-state index contributed by atoms with van der Waals surface area (Å²) in [7, 11) is -3.64. The molecule has 0 bridgehead atoms. The lowest BCUT2D eigenvalue weighted by Gasteiger charge is -2.10. The Morgan fingerprint density at radius 2 is 2.00 bits per heavy atom. The van der Waals surface area contributed by atoms with E-state index in [2.05, 4.69) is 31.0 Å². The van der Waals surface area contributed by atoms with Gasteiger partial charge in [0, 0.05) is 23.3 Å². The number of benzene rings is 1. The summed E-state index contributed by atoms with van der Waals surface area (Å²) in [5.41, 5.74) is 1.48. The molecule has 1 aromatic heterocycles. The van der Waals surface area contributed by atoms with Crippen molar-refractivity contribution in [2.75, 3.05) is 16.6 Å². The van der Waals surface area contributed by atoms with E-state index in [1.807, 2.05) is 19.9 Å². The lowest BCUT2D eigenvalue weighted by atomic mass is 10.2. The second kappa shape index (κ2) is 6.44. The minimum absolute atomic E-state index is 0.172. The molecule has 0 amide bonds. The summed E-state index contributed by atoms with van der Waals surface area (Å²) in [4.78, 5) is 4.24. The third-order valence-electron chi connectivity index (χ3n) is 2.69. The van der Waals surface area contributed by atoms with Gasteiger partial charge in [-0.05, 0) is 43.7 Å². The van der Waals surface area contributed by atoms with Crippen molar-refractivity contribution in [3.8, 4) is 0 Å². The molecule has 0 spiro atoms. The van der Waals surface area contributed by atoms with Crippen LogP contribution in [0.5, 0.6) is 0 Å². The van der Waals surface area contributed by atoms with Gasteiger partial charge in [0.05, 0.1) is 10.6 Å². The van der Waals surface area contributed by atoms with Crippen LogP contribution in [0.2, 0.25) is 0 Å². The molecule has 5 nitrogen and oxygen atoms in total. The van der Waals surface area contributed by atoms with Gasteiger partial charge in [0.2, 0.25) is 0 Å². The van der Waals surface area contributed by atoms with Crippen LogP contribution in [0.3, 0.4) is 0 Å². The molecule has 0 aliphatic heterocycles. The zero-order chi connectivity index (χ0) is 15.5. The zero-order valence-corrected chi connectivity index (χ0v) is 14.1. The van der Waals surface area contributed by atoms with E-state index < -0.39 is 10.0 Å². The largest absolute Gasteiger partial charge is 0.370 e. The van der Waals surface area contributed by atoms with E-state index in [1.54, 1.807) is 12.1 Å². The van der Waals surface area contributed by atoms with Crippen molar-refractivity contribution >= 4 is 37.5 Å². The smallest absolute Gasteiger partial charge is 0.262 e. The van der Waals surface area contributed by atoms with Gasteiger partial charge in [0.15, 0.2) is 0 Å². The highest BCUT2D eigenvalue weighted by Crippen LogP contribution is 2.22. The van der Waals surface area contributed by atoms with E-state index in [-0.39, 0.29) is 4.90 Å². The van der Waals surface area contributed by atoms with Crippen molar-refractivity contribution in [3.63, 3.8) is 0 Å². The van der Waals surface area contributed by atoms with Crippen LogP contribution >= 0.6 is 15.9 Å². The molecule has 0 aliphatic carbocycles. The molecule has 2 aromatic rings. The number of pyridine rings is 1. The lowest BCUT2D eigenvalue weighted by Crippen LogP contribution is -2.13.